The summed E-state index contributed by atoms with van der Waals surface area (Å²) < 4.78 is 53.1. The number of anilines is 1. The van der Waals surface area contributed by atoms with Gasteiger partial charge in [-0.05, 0) is 80.0 Å². The number of nitrogens with two attached hydrogens (primary N) is 1. The molecule has 0 bridgehead atoms. The molecule has 2 heterocycles. The van der Waals surface area contributed by atoms with Crippen LogP contribution in [0.15, 0.2) is 63.8 Å². The van der Waals surface area contributed by atoms with Crippen molar-refractivity contribution in [2.45, 2.75) is 44.1 Å². The molecule has 9 nitrogen and oxygen atoms in total. The van der Waals surface area contributed by atoms with Crippen LogP contribution in [0.2, 0.25) is 0 Å². The molecule has 0 unspecified atom stereocenters. The van der Waals surface area contributed by atoms with Crippen LogP contribution >= 0.6 is 11.6 Å². The zero-order valence-corrected chi connectivity index (χ0v) is 24.8. The van der Waals surface area contributed by atoms with Crippen LogP contribution in [0, 0.1) is 18.6 Å². The lowest BCUT2D eigenvalue weighted by Crippen LogP contribution is -2.53. The highest BCUT2D eigenvalue weighted by molar-refractivity contribution is 7.93. The standard InChI is InChI=1S/C29H32ClF2N5O4S/c1-17-15-21(32)7-8-23(17)35-25-22(26(38)36-13-9-19(10-14-36)18-3-5-20(31)6-4-18)16-37(27(24(25)30)42(33,40)41)29(11-12-29)28(39)34-2/h3-8,15,19,35H,9-14,16H2,1-2H3,(H,34,39)(H2,33,40,41). The number of carbonyl (C=O) groups excluding carboxylic acids is 2. The maximum absolute atomic E-state index is 14.1. The Kier molecular flexibility index (Phi) is 8.08. The van der Waals surface area contributed by atoms with Crippen molar-refractivity contribution < 1.29 is 26.8 Å². The first-order valence-corrected chi connectivity index (χ1v) is 15.5. The molecule has 0 aromatic heterocycles. The van der Waals surface area contributed by atoms with Gasteiger partial charge in [0, 0.05) is 25.8 Å². The van der Waals surface area contributed by atoms with Gasteiger partial charge in [0.15, 0.2) is 5.03 Å². The lowest BCUT2D eigenvalue weighted by atomic mass is 9.89. The largest absolute Gasteiger partial charge is 0.357 e. The quantitative estimate of drug-likeness (QED) is 0.435. The molecule has 2 aromatic carbocycles. The van der Waals surface area contributed by atoms with Gasteiger partial charge >= 0.3 is 0 Å². The summed E-state index contributed by atoms with van der Waals surface area (Å²) >= 11 is 6.79. The molecular formula is C29H32ClF2N5O4S. The first-order chi connectivity index (χ1) is 19.9. The number of likely N-dealkylation sites (N-methyl/N-ethyl adjacent to an activating group) is 1. The Balaban J connectivity index is 1.54. The summed E-state index contributed by atoms with van der Waals surface area (Å²) in [6.45, 7) is 2.22. The van der Waals surface area contributed by atoms with Crippen LogP contribution in [0.1, 0.15) is 42.7 Å². The third-order valence-electron chi connectivity index (χ3n) is 8.26. The predicted octanol–water partition coefficient (Wildman–Crippen LogP) is 3.64. The minimum Gasteiger partial charge on any atom is -0.357 e. The molecule has 0 atom stereocenters. The number of allylic oxidation sites excluding steroid dienone is 1. The summed E-state index contributed by atoms with van der Waals surface area (Å²) in [6.07, 6.45) is 1.98. The lowest BCUT2D eigenvalue weighted by Gasteiger charge is -2.40. The Labute approximate surface area is 248 Å². The number of amides is 2. The van der Waals surface area contributed by atoms with Crippen molar-refractivity contribution in [1.29, 1.82) is 0 Å². The second kappa shape index (κ2) is 11.3. The van der Waals surface area contributed by atoms with E-state index in [0.717, 1.165) is 5.56 Å². The van der Waals surface area contributed by atoms with Gasteiger partial charge in [-0.15, -0.1) is 0 Å². The molecule has 1 aliphatic carbocycles. The molecule has 2 aromatic rings. The van der Waals surface area contributed by atoms with Gasteiger partial charge in [-0.2, -0.15) is 0 Å². The first kappa shape index (κ1) is 30.0. The van der Waals surface area contributed by atoms with Crippen molar-refractivity contribution in [2.75, 3.05) is 32.0 Å². The van der Waals surface area contributed by atoms with Gasteiger partial charge in [-0.25, -0.2) is 22.3 Å². The molecule has 1 saturated heterocycles. The van der Waals surface area contributed by atoms with Gasteiger partial charge < -0.3 is 20.4 Å². The zero-order valence-electron chi connectivity index (χ0n) is 23.2. The molecule has 1 saturated carbocycles. The number of carbonyl (C=O) groups is 2. The second-order valence-electron chi connectivity index (χ2n) is 10.9. The smallest absolute Gasteiger partial charge is 0.255 e. The molecule has 3 aliphatic rings. The van der Waals surface area contributed by atoms with E-state index >= 15 is 0 Å². The highest BCUT2D eigenvalue weighted by atomic mass is 35.5. The second-order valence-corrected chi connectivity index (χ2v) is 12.8. The molecule has 0 radical (unpaired) electrons. The number of nitrogens with one attached hydrogen (secondary N) is 2. The fourth-order valence-electron chi connectivity index (χ4n) is 5.81. The van der Waals surface area contributed by atoms with E-state index in [9.17, 15) is 26.8 Å². The molecule has 2 amide bonds. The van der Waals surface area contributed by atoms with Crippen molar-refractivity contribution >= 4 is 39.1 Å². The molecule has 2 fully saturated rings. The van der Waals surface area contributed by atoms with E-state index in [-0.39, 0.29) is 40.5 Å². The molecule has 4 N–H and O–H groups in total. The minimum absolute atomic E-state index is 0.0324. The van der Waals surface area contributed by atoms with Crippen LogP contribution in [0.4, 0.5) is 14.5 Å². The number of hydrogen-bond donors (Lipinski definition) is 3. The third kappa shape index (κ3) is 5.62. The lowest BCUT2D eigenvalue weighted by molar-refractivity contribution is -0.130. The monoisotopic (exact) mass is 619 g/mol. The van der Waals surface area contributed by atoms with Crippen LogP contribution in [0.25, 0.3) is 0 Å². The summed E-state index contributed by atoms with van der Waals surface area (Å²) in [4.78, 5) is 30.1. The minimum atomic E-state index is -4.46. The summed E-state index contributed by atoms with van der Waals surface area (Å²) in [5.74, 6) is -1.42. The molecule has 42 heavy (non-hydrogen) atoms. The van der Waals surface area contributed by atoms with E-state index in [1.807, 2.05) is 0 Å². The van der Waals surface area contributed by atoms with Crippen LogP contribution in [0.5, 0.6) is 0 Å². The molecule has 224 valence electrons. The van der Waals surface area contributed by atoms with Gasteiger partial charge in [0.2, 0.25) is 5.91 Å². The van der Waals surface area contributed by atoms with Crippen molar-refractivity contribution in [3.8, 4) is 0 Å². The van der Waals surface area contributed by atoms with E-state index < -0.39 is 32.3 Å². The van der Waals surface area contributed by atoms with Gasteiger partial charge in [-0.1, -0.05) is 23.7 Å². The number of hydrogen-bond acceptors (Lipinski definition) is 6. The van der Waals surface area contributed by atoms with Crippen molar-refractivity contribution in [2.24, 2.45) is 5.14 Å². The van der Waals surface area contributed by atoms with Crippen LogP contribution in [-0.4, -0.2) is 62.3 Å². The number of rotatable bonds is 7. The van der Waals surface area contributed by atoms with Crippen LogP contribution in [0.3, 0.4) is 0 Å². The van der Waals surface area contributed by atoms with Crippen molar-refractivity contribution in [1.82, 2.24) is 15.1 Å². The molecule has 5 rings (SSSR count). The van der Waals surface area contributed by atoms with E-state index in [0.29, 0.717) is 50.0 Å². The number of benzene rings is 2. The summed E-state index contributed by atoms with van der Waals surface area (Å²) in [5, 5.41) is 10.5. The topological polar surface area (TPSA) is 125 Å². The van der Waals surface area contributed by atoms with Crippen LogP contribution in [-0.2, 0) is 19.6 Å². The van der Waals surface area contributed by atoms with E-state index in [2.05, 4.69) is 10.6 Å². The molecule has 2 aliphatic heterocycles. The number of primary sulfonamides is 1. The van der Waals surface area contributed by atoms with Gasteiger partial charge in [0.1, 0.15) is 22.2 Å². The highest BCUT2D eigenvalue weighted by Crippen LogP contribution is 2.49. The molecule has 0 spiro atoms. The first-order valence-electron chi connectivity index (χ1n) is 13.6. The fourth-order valence-corrected chi connectivity index (χ4v) is 7.29. The predicted molar refractivity (Wildman–Crippen MR) is 155 cm³/mol. The maximum atomic E-state index is 14.1. The summed E-state index contributed by atoms with van der Waals surface area (Å²) in [7, 11) is -3.01. The van der Waals surface area contributed by atoms with Gasteiger partial charge in [-0.3, -0.25) is 9.59 Å². The molecular weight excluding hydrogens is 588 g/mol. The van der Waals surface area contributed by atoms with Crippen molar-refractivity contribution in [3.63, 3.8) is 0 Å². The van der Waals surface area contributed by atoms with E-state index in [4.69, 9.17) is 16.7 Å². The Morgan fingerprint density at radius 2 is 1.67 bits per heavy atom. The van der Waals surface area contributed by atoms with Gasteiger partial charge in [0.25, 0.3) is 15.9 Å². The Morgan fingerprint density at radius 3 is 2.21 bits per heavy atom. The number of nitrogens with zero attached hydrogens (tertiary/aromatic N) is 2. The Hall–Kier alpha value is -3.48. The number of sulfonamides is 1. The number of halogens is 3. The third-order valence-corrected chi connectivity index (χ3v) is 9.70. The van der Waals surface area contributed by atoms with Crippen LogP contribution < -0.4 is 15.8 Å². The number of aryl methyl sites for hydroxylation is 1. The van der Waals surface area contributed by atoms with E-state index in [1.54, 1.807) is 24.0 Å². The fraction of sp³-hybridized carbons (Fsp3) is 0.379. The summed E-state index contributed by atoms with van der Waals surface area (Å²) in [6, 6.07) is 10.3. The number of likely N-dealkylation sites (tertiary alicyclic amines) is 1. The average Bonchev–Trinajstić information content (AvgIpc) is 3.76. The maximum Gasteiger partial charge on any atom is 0.255 e. The normalized spacial score (nSPS) is 19.2. The van der Waals surface area contributed by atoms with E-state index in [1.165, 1.54) is 42.3 Å². The average molecular weight is 620 g/mol. The number of piperidine rings is 1. The van der Waals surface area contributed by atoms with Gasteiger partial charge in [0.05, 0.1) is 17.8 Å². The Bertz CT molecular complexity index is 1600. The zero-order chi connectivity index (χ0) is 30.4. The molecule has 13 heteroatoms. The summed E-state index contributed by atoms with van der Waals surface area (Å²) in [5.41, 5.74) is 0.874. The highest BCUT2D eigenvalue weighted by Gasteiger charge is 2.58. The SMILES string of the molecule is CNC(=O)C1(N2CC(C(=O)N3CCC(c4ccc(F)cc4)CC3)=C(Nc3ccc(F)cc3C)C(Cl)=C2S(N)(=O)=O)CC1. The van der Waals surface area contributed by atoms with Crippen molar-refractivity contribution in [3.05, 3.63) is 86.6 Å². The Morgan fingerprint density at radius 1 is 1.05 bits per heavy atom.